The first-order chi connectivity index (χ1) is 12.9. The molecule has 0 aromatic carbocycles. The molecule has 1 amide bonds. The number of nitrogens with zero attached hydrogens (tertiary/aromatic N) is 3. The van der Waals surface area contributed by atoms with Gasteiger partial charge in [0.05, 0.1) is 16.4 Å². The van der Waals surface area contributed by atoms with Crippen LogP contribution in [0.3, 0.4) is 0 Å². The SMILES string of the molecule is Cc1c(C#N)c(NC(=O)CN(C)Cc2ccc(Cl)s2)n(C2CCCC2)c1C. The first-order valence-electron chi connectivity index (χ1n) is 9.24. The van der Waals surface area contributed by atoms with Crippen molar-refractivity contribution in [3.05, 3.63) is 38.2 Å². The van der Waals surface area contributed by atoms with Gasteiger partial charge in [0, 0.05) is 23.2 Å². The lowest BCUT2D eigenvalue weighted by Crippen LogP contribution is -2.30. The van der Waals surface area contributed by atoms with E-state index in [9.17, 15) is 10.1 Å². The molecule has 2 aromatic heterocycles. The maximum Gasteiger partial charge on any atom is 0.239 e. The lowest BCUT2D eigenvalue weighted by atomic mass is 10.2. The highest BCUT2D eigenvalue weighted by atomic mass is 35.5. The highest BCUT2D eigenvalue weighted by Crippen LogP contribution is 2.37. The van der Waals surface area contributed by atoms with Crippen LogP contribution in [0.4, 0.5) is 5.82 Å². The third-order valence-electron chi connectivity index (χ3n) is 5.28. The molecule has 0 unspecified atom stereocenters. The van der Waals surface area contributed by atoms with Gasteiger partial charge in [-0.3, -0.25) is 9.69 Å². The fourth-order valence-electron chi connectivity index (χ4n) is 3.88. The maximum absolute atomic E-state index is 12.7. The second-order valence-electron chi connectivity index (χ2n) is 7.28. The standard InChI is InChI=1S/C20H25ClN4OS/c1-13-14(2)25(15-6-4-5-7-15)20(17(13)10-22)23-19(26)12-24(3)11-16-8-9-18(21)27-16/h8-9,15H,4-7,11-12H2,1-3H3,(H,23,26). The van der Waals surface area contributed by atoms with Crippen molar-refractivity contribution in [3.8, 4) is 6.07 Å². The number of nitrogens with one attached hydrogen (secondary N) is 1. The average Bonchev–Trinajstić information content (AvgIpc) is 3.31. The lowest BCUT2D eigenvalue weighted by Gasteiger charge is -2.20. The molecule has 2 heterocycles. The van der Waals surface area contributed by atoms with E-state index in [1.54, 1.807) is 0 Å². The number of hydrogen-bond donors (Lipinski definition) is 1. The summed E-state index contributed by atoms with van der Waals surface area (Å²) in [5.74, 6) is 0.561. The fourth-order valence-corrected chi connectivity index (χ4v) is 5.05. The van der Waals surface area contributed by atoms with Crippen molar-refractivity contribution in [1.82, 2.24) is 9.47 Å². The minimum Gasteiger partial charge on any atom is -0.327 e. The summed E-state index contributed by atoms with van der Waals surface area (Å²) < 4.78 is 2.93. The van der Waals surface area contributed by atoms with E-state index >= 15 is 0 Å². The maximum atomic E-state index is 12.7. The van der Waals surface area contributed by atoms with Crippen LogP contribution in [-0.2, 0) is 11.3 Å². The van der Waals surface area contributed by atoms with Crippen molar-refractivity contribution >= 4 is 34.7 Å². The summed E-state index contributed by atoms with van der Waals surface area (Å²) in [5.41, 5.74) is 2.62. The summed E-state index contributed by atoms with van der Waals surface area (Å²) in [5, 5.41) is 12.7. The van der Waals surface area contributed by atoms with E-state index in [0.29, 0.717) is 24.0 Å². The van der Waals surface area contributed by atoms with E-state index < -0.39 is 0 Å². The van der Waals surface area contributed by atoms with Crippen LogP contribution in [0, 0.1) is 25.2 Å². The van der Waals surface area contributed by atoms with Gasteiger partial charge in [-0.1, -0.05) is 24.4 Å². The normalized spacial score (nSPS) is 14.7. The number of carbonyl (C=O) groups is 1. The van der Waals surface area contributed by atoms with Crippen LogP contribution in [0.5, 0.6) is 0 Å². The number of likely N-dealkylation sites (N-methyl/N-ethyl adjacent to an activating group) is 1. The van der Waals surface area contributed by atoms with Crippen molar-refractivity contribution in [3.63, 3.8) is 0 Å². The number of hydrogen-bond acceptors (Lipinski definition) is 4. The Morgan fingerprint density at radius 3 is 2.70 bits per heavy atom. The number of amides is 1. The van der Waals surface area contributed by atoms with Gasteiger partial charge in [-0.05, 0) is 51.4 Å². The zero-order valence-electron chi connectivity index (χ0n) is 16.0. The molecule has 1 N–H and O–H groups in total. The van der Waals surface area contributed by atoms with E-state index in [4.69, 9.17) is 11.6 Å². The number of nitriles is 1. The minimum absolute atomic E-state index is 0.103. The molecule has 0 radical (unpaired) electrons. The van der Waals surface area contributed by atoms with Crippen LogP contribution in [0.2, 0.25) is 4.34 Å². The molecule has 144 valence electrons. The molecular formula is C20H25ClN4OS. The van der Waals surface area contributed by atoms with Gasteiger partial charge in [-0.25, -0.2) is 0 Å². The lowest BCUT2D eigenvalue weighted by molar-refractivity contribution is -0.117. The molecule has 1 fully saturated rings. The summed E-state index contributed by atoms with van der Waals surface area (Å²) in [6.07, 6.45) is 4.59. The van der Waals surface area contributed by atoms with Crippen LogP contribution >= 0.6 is 22.9 Å². The topological polar surface area (TPSA) is 61.1 Å². The molecular weight excluding hydrogens is 380 g/mol. The highest BCUT2D eigenvalue weighted by molar-refractivity contribution is 7.16. The number of anilines is 1. The summed E-state index contributed by atoms with van der Waals surface area (Å²) in [6.45, 7) is 4.92. The fraction of sp³-hybridized carbons (Fsp3) is 0.500. The third-order valence-corrected chi connectivity index (χ3v) is 6.50. The predicted molar refractivity (Wildman–Crippen MR) is 110 cm³/mol. The summed E-state index contributed by atoms with van der Waals surface area (Å²) >= 11 is 7.50. The van der Waals surface area contributed by atoms with Gasteiger partial charge in [-0.2, -0.15) is 5.26 Å². The molecule has 1 aliphatic carbocycles. The smallest absolute Gasteiger partial charge is 0.239 e. The predicted octanol–water partition coefficient (Wildman–Crippen LogP) is 4.88. The Labute approximate surface area is 169 Å². The molecule has 0 spiro atoms. The molecule has 1 aliphatic rings. The van der Waals surface area contributed by atoms with Crippen LogP contribution in [0.15, 0.2) is 12.1 Å². The van der Waals surface area contributed by atoms with Gasteiger partial charge >= 0.3 is 0 Å². The quantitative estimate of drug-likeness (QED) is 0.746. The Hall–Kier alpha value is -1.81. The van der Waals surface area contributed by atoms with Gasteiger partial charge in [0.1, 0.15) is 11.9 Å². The van der Waals surface area contributed by atoms with Crippen LogP contribution in [-0.4, -0.2) is 29.0 Å². The molecule has 0 bridgehead atoms. The molecule has 0 saturated heterocycles. The monoisotopic (exact) mass is 404 g/mol. The second-order valence-corrected chi connectivity index (χ2v) is 9.08. The number of rotatable bonds is 6. The molecule has 0 aliphatic heterocycles. The Morgan fingerprint density at radius 2 is 2.11 bits per heavy atom. The van der Waals surface area contributed by atoms with Crippen molar-refractivity contribution in [2.24, 2.45) is 0 Å². The molecule has 0 atom stereocenters. The molecule has 1 saturated carbocycles. The Bertz CT molecular complexity index is 873. The van der Waals surface area contributed by atoms with Gasteiger partial charge in [0.2, 0.25) is 5.91 Å². The Morgan fingerprint density at radius 1 is 1.41 bits per heavy atom. The first-order valence-corrected chi connectivity index (χ1v) is 10.4. The molecule has 7 heteroatoms. The first kappa shape index (κ1) is 19.9. The van der Waals surface area contributed by atoms with Crippen LogP contribution in [0.25, 0.3) is 0 Å². The number of halogens is 1. The Kier molecular flexibility index (Phi) is 6.25. The average molecular weight is 405 g/mol. The van der Waals surface area contributed by atoms with E-state index in [2.05, 4.69) is 16.0 Å². The summed E-state index contributed by atoms with van der Waals surface area (Å²) in [6, 6.07) is 6.50. The van der Waals surface area contributed by atoms with Crippen molar-refractivity contribution in [2.45, 2.75) is 52.1 Å². The second kappa shape index (κ2) is 8.47. The van der Waals surface area contributed by atoms with E-state index in [1.165, 1.54) is 24.2 Å². The largest absolute Gasteiger partial charge is 0.327 e. The Balaban J connectivity index is 1.75. The van der Waals surface area contributed by atoms with Gasteiger partial charge in [-0.15, -0.1) is 11.3 Å². The molecule has 3 rings (SSSR count). The highest BCUT2D eigenvalue weighted by Gasteiger charge is 2.26. The molecule has 2 aromatic rings. The number of aromatic nitrogens is 1. The van der Waals surface area contributed by atoms with Crippen LogP contribution < -0.4 is 5.32 Å². The molecule has 27 heavy (non-hydrogen) atoms. The zero-order chi connectivity index (χ0) is 19.6. The van der Waals surface area contributed by atoms with Crippen molar-refractivity contribution < 1.29 is 4.79 Å². The van der Waals surface area contributed by atoms with E-state index in [-0.39, 0.29) is 12.5 Å². The minimum atomic E-state index is -0.103. The van der Waals surface area contributed by atoms with Crippen molar-refractivity contribution in [2.75, 3.05) is 18.9 Å². The van der Waals surface area contributed by atoms with Crippen molar-refractivity contribution in [1.29, 1.82) is 5.26 Å². The van der Waals surface area contributed by atoms with Gasteiger partial charge in [0.25, 0.3) is 0 Å². The summed E-state index contributed by atoms with van der Waals surface area (Å²) in [4.78, 5) is 15.7. The van der Waals surface area contributed by atoms with Gasteiger partial charge < -0.3 is 9.88 Å². The zero-order valence-corrected chi connectivity index (χ0v) is 17.6. The van der Waals surface area contributed by atoms with Gasteiger partial charge in [0.15, 0.2) is 0 Å². The third kappa shape index (κ3) is 4.37. The number of carbonyl (C=O) groups excluding carboxylic acids is 1. The summed E-state index contributed by atoms with van der Waals surface area (Å²) in [7, 11) is 1.91. The molecule has 5 nitrogen and oxygen atoms in total. The van der Waals surface area contributed by atoms with Crippen LogP contribution in [0.1, 0.15) is 53.4 Å². The number of thiophene rings is 1. The van der Waals surface area contributed by atoms with E-state index in [0.717, 1.165) is 33.3 Å². The van der Waals surface area contributed by atoms with E-state index in [1.807, 2.05) is 37.9 Å².